The van der Waals surface area contributed by atoms with Crippen LogP contribution >= 0.6 is 11.3 Å². The molecule has 0 amide bonds. The average Bonchev–Trinajstić information content (AvgIpc) is 3.60. The van der Waals surface area contributed by atoms with Crippen LogP contribution in [-0.2, 0) is 0 Å². The summed E-state index contributed by atoms with van der Waals surface area (Å²) in [6.07, 6.45) is -0.436. The van der Waals surface area contributed by atoms with Crippen LogP contribution in [0.25, 0.3) is 69.6 Å². The Labute approximate surface area is 330 Å². The van der Waals surface area contributed by atoms with Gasteiger partial charge in [-0.3, -0.25) is 4.99 Å². The molecule has 1 aliphatic carbocycles. The maximum absolute atomic E-state index is 6.81. The number of aliphatic imine (C=N–C) groups is 1. The van der Waals surface area contributed by atoms with Crippen molar-refractivity contribution in [2.24, 2.45) is 22.6 Å². The Morgan fingerprint density at radius 1 is 0.589 bits per heavy atom. The monoisotopic (exact) mass is 737 g/mol. The van der Waals surface area contributed by atoms with E-state index in [9.17, 15) is 0 Å². The summed E-state index contributed by atoms with van der Waals surface area (Å²) in [7, 11) is 0. The van der Waals surface area contributed by atoms with Gasteiger partial charge < -0.3 is 10.3 Å². The molecule has 2 N–H and O–H groups in total. The lowest BCUT2D eigenvalue weighted by atomic mass is 9.99. The molecule has 10 aromatic rings. The van der Waals surface area contributed by atoms with Crippen LogP contribution in [-0.4, -0.2) is 10.3 Å². The molecule has 3 nitrogen and oxygen atoms in total. The van der Waals surface area contributed by atoms with Gasteiger partial charge in [0.15, 0.2) is 0 Å². The van der Waals surface area contributed by atoms with Gasteiger partial charge >= 0.3 is 0 Å². The minimum absolute atomic E-state index is 0.294. The Bertz CT molecular complexity index is 3120. The quantitative estimate of drug-likeness (QED) is 0.163. The van der Waals surface area contributed by atoms with Crippen molar-refractivity contribution >= 4 is 69.8 Å². The molecule has 0 spiro atoms. The van der Waals surface area contributed by atoms with Gasteiger partial charge in [0.25, 0.3) is 0 Å². The molecule has 1 saturated carbocycles. The van der Waals surface area contributed by atoms with Crippen LogP contribution < -0.4 is 5.73 Å². The molecule has 56 heavy (non-hydrogen) atoms. The largest absolute Gasteiger partial charge is 0.309 e. The number of fused-ring (bicyclic) bond motifs is 8. The van der Waals surface area contributed by atoms with Gasteiger partial charge in [-0.05, 0) is 99.0 Å². The average molecular weight is 738 g/mol. The third-order valence-corrected chi connectivity index (χ3v) is 13.2. The van der Waals surface area contributed by atoms with Gasteiger partial charge in [-0.15, -0.1) is 11.3 Å². The van der Waals surface area contributed by atoms with Crippen LogP contribution in [0.5, 0.6) is 0 Å². The van der Waals surface area contributed by atoms with Crippen molar-refractivity contribution in [3.63, 3.8) is 0 Å². The fourth-order valence-corrected chi connectivity index (χ4v) is 10.3. The minimum atomic E-state index is -0.436. The van der Waals surface area contributed by atoms with Gasteiger partial charge in [0.05, 0.1) is 11.0 Å². The number of aromatic nitrogens is 1. The van der Waals surface area contributed by atoms with E-state index in [1.165, 1.54) is 69.4 Å². The first-order valence-electron chi connectivity index (χ1n) is 19.5. The van der Waals surface area contributed by atoms with Crippen molar-refractivity contribution in [2.45, 2.75) is 19.0 Å². The number of benzene rings is 8. The number of thiophene rings is 1. The zero-order valence-electron chi connectivity index (χ0n) is 31.0. The van der Waals surface area contributed by atoms with E-state index in [0.29, 0.717) is 17.8 Å². The smallest absolute Gasteiger partial charge is 0.123 e. The van der Waals surface area contributed by atoms with Crippen molar-refractivity contribution in [1.29, 1.82) is 0 Å². The van der Waals surface area contributed by atoms with Crippen LogP contribution in [0.3, 0.4) is 0 Å². The summed E-state index contributed by atoms with van der Waals surface area (Å²) >= 11 is 1.86. The van der Waals surface area contributed by atoms with Crippen molar-refractivity contribution < 1.29 is 0 Å². The summed E-state index contributed by atoms with van der Waals surface area (Å²) in [5.41, 5.74) is 17.4. The highest BCUT2D eigenvalue weighted by Gasteiger charge is 2.50. The van der Waals surface area contributed by atoms with Crippen molar-refractivity contribution in [2.75, 3.05) is 0 Å². The molecule has 1 fully saturated rings. The highest BCUT2D eigenvalue weighted by Crippen LogP contribution is 2.55. The standard InChI is InChI=1S/C52H39N3S/c1-32-48(34-13-4-2-5-14-34)49(32)51(54-52(53)36-15-6-3-7-16-36)35-20-25-39(26-21-35)55-44-27-23-37(31-43(44)50-40-17-9-8-12-33(40)22-28-45(50)55)38-24-29-47-42(30-38)41-18-10-11-19-46(41)56-47/h2-32,48-49,52H,53H2,1H3/t32-,48?,49?,52?/m0/s1. The maximum atomic E-state index is 6.81. The van der Waals surface area contributed by atoms with E-state index in [4.69, 9.17) is 10.7 Å². The lowest BCUT2D eigenvalue weighted by molar-refractivity contribution is 0.765. The van der Waals surface area contributed by atoms with Crippen LogP contribution in [0.1, 0.15) is 35.7 Å². The number of hydrogen-bond acceptors (Lipinski definition) is 3. The summed E-state index contributed by atoms with van der Waals surface area (Å²) in [5.74, 6) is 1.18. The first kappa shape index (κ1) is 33.0. The minimum Gasteiger partial charge on any atom is -0.309 e. The third kappa shape index (κ3) is 5.40. The molecule has 11 rings (SSSR count). The van der Waals surface area contributed by atoms with Gasteiger partial charge in [-0.2, -0.15) is 0 Å². The van der Waals surface area contributed by atoms with E-state index in [1.54, 1.807) is 0 Å². The predicted octanol–water partition coefficient (Wildman–Crippen LogP) is 13.5. The van der Waals surface area contributed by atoms with Gasteiger partial charge in [0, 0.05) is 48.3 Å². The number of nitrogens with two attached hydrogens (primary N) is 1. The lowest BCUT2D eigenvalue weighted by Gasteiger charge is -2.14. The lowest BCUT2D eigenvalue weighted by Crippen LogP contribution is -2.14. The second kappa shape index (κ2) is 13.2. The molecule has 3 unspecified atom stereocenters. The van der Waals surface area contributed by atoms with E-state index in [-0.39, 0.29) is 0 Å². The van der Waals surface area contributed by atoms with Gasteiger partial charge in [-0.1, -0.05) is 140 Å². The SMILES string of the molecule is C[C@@H]1C(C(=NC(N)c2ccccc2)c2ccc(-n3c4ccc(-c5ccc6sc7ccccc7c6c5)cc4c4c5ccccc5ccc43)cc2)C1c1ccccc1. The van der Waals surface area contributed by atoms with E-state index in [0.717, 1.165) is 22.5 Å². The van der Waals surface area contributed by atoms with Gasteiger partial charge in [0.2, 0.25) is 0 Å². The number of rotatable bonds is 7. The number of nitrogens with zero attached hydrogens (tertiary/aromatic N) is 2. The Morgan fingerprint density at radius 2 is 1.23 bits per heavy atom. The van der Waals surface area contributed by atoms with E-state index in [1.807, 2.05) is 29.5 Å². The Hall–Kier alpha value is -6.33. The van der Waals surface area contributed by atoms with Crippen molar-refractivity contribution in [3.05, 3.63) is 199 Å². The topological polar surface area (TPSA) is 43.3 Å². The van der Waals surface area contributed by atoms with Gasteiger partial charge in [0.1, 0.15) is 6.17 Å². The molecule has 0 bridgehead atoms. The molecular formula is C52H39N3S. The molecule has 2 heterocycles. The van der Waals surface area contributed by atoms with Crippen LogP contribution in [0, 0.1) is 11.8 Å². The molecule has 8 aromatic carbocycles. The molecule has 268 valence electrons. The van der Waals surface area contributed by atoms with E-state index in [2.05, 4.69) is 175 Å². The van der Waals surface area contributed by atoms with Crippen molar-refractivity contribution in [3.8, 4) is 16.8 Å². The molecule has 2 aromatic heterocycles. The molecular weight excluding hydrogens is 699 g/mol. The van der Waals surface area contributed by atoms with Crippen LogP contribution in [0.15, 0.2) is 187 Å². The Kier molecular flexibility index (Phi) is 7.77. The molecule has 0 saturated heterocycles. The maximum Gasteiger partial charge on any atom is 0.123 e. The van der Waals surface area contributed by atoms with E-state index < -0.39 is 6.17 Å². The molecule has 4 atom stereocenters. The fourth-order valence-electron chi connectivity index (χ4n) is 9.23. The number of hydrogen-bond donors (Lipinski definition) is 1. The molecule has 4 heteroatoms. The molecule has 0 aliphatic heterocycles. The first-order valence-corrected chi connectivity index (χ1v) is 20.3. The van der Waals surface area contributed by atoms with Crippen molar-refractivity contribution in [1.82, 2.24) is 4.57 Å². The molecule has 1 aliphatic rings. The fraction of sp³-hybridized carbons (Fsp3) is 0.0962. The van der Waals surface area contributed by atoms with Crippen LogP contribution in [0.2, 0.25) is 0 Å². The van der Waals surface area contributed by atoms with Gasteiger partial charge in [-0.25, -0.2) is 0 Å². The summed E-state index contributed by atoms with van der Waals surface area (Å²) in [6.45, 7) is 2.34. The Morgan fingerprint density at radius 3 is 2.04 bits per heavy atom. The summed E-state index contributed by atoms with van der Waals surface area (Å²) in [4.78, 5) is 5.29. The van der Waals surface area contributed by atoms with Crippen LogP contribution in [0.4, 0.5) is 0 Å². The summed E-state index contributed by atoms with van der Waals surface area (Å²) in [6, 6.07) is 66.1. The third-order valence-electron chi connectivity index (χ3n) is 12.1. The van der Waals surface area contributed by atoms with E-state index >= 15 is 0 Å². The highest BCUT2D eigenvalue weighted by molar-refractivity contribution is 7.25. The Balaban J connectivity index is 1.05. The zero-order chi connectivity index (χ0) is 37.3. The second-order valence-electron chi connectivity index (χ2n) is 15.3. The first-order chi connectivity index (χ1) is 27.6. The zero-order valence-corrected chi connectivity index (χ0v) is 31.8. The highest BCUT2D eigenvalue weighted by atomic mass is 32.1. The summed E-state index contributed by atoms with van der Waals surface area (Å²) < 4.78 is 5.08. The molecule has 0 radical (unpaired) electrons. The second-order valence-corrected chi connectivity index (χ2v) is 16.4. The predicted molar refractivity (Wildman–Crippen MR) is 238 cm³/mol. The summed E-state index contributed by atoms with van der Waals surface area (Å²) in [5, 5.41) is 7.68. The normalized spacial score (nSPS) is 17.7.